The molecule has 1 heterocycles. The Balaban J connectivity index is 2.40. The lowest BCUT2D eigenvalue weighted by Crippen LogP contribution is -2.34. The fourth-order valence-electron chi connectivity index (χ4n) is 2.23. The van der Waals surface area contributed by atoms with E-state index < -0.39 is 0 Å². The van der Waals surface area contributed by atoms with Crippen molar-refractivity contribution in [2.75, 3.05) is 25.4 Å². The monoisotopic (exact) mass is 292 g/mol. The first-order chi connectivity index (χ1) is 9.58. The van der Waals surface area contributed by atoms with Gasteiger partial charge in [-0.25, -0.2) is 0 Å². The highest BCUT2D eigenvalue weighted by Gasteiger charge is 2.21. The molecular weight excluding hydrogens is 272 g/mol. The molecule has 1 aromatic carbocycles. The molecule has 0 saturated carbocycles. The summed E-state index contributed by atoms with van der Waals surface area (Å²) in [6.07, 6.45) is 0.857. The molecule has 3 N–H and O–H groups in total. The zero-order valence-corrected chi connectivity index (χ0v) is 12.7. The van der Waals surface area contributed by atoms with Crippen LogP contribution in [0.5, 0.6) is 0 Å². The van der Waals surface area contributed by atoms with Crippen molar-refractivity contribution in [3.63, 3.8) is 0 Å². The number of aryl methyl sites for hydroxylation is 1. The molecule has 0 unspecified atom stereocenters. The Morgan fingerprint density at radius 2 is 2.15 bits per heavy atom. The molecule has 4 nitrogen and oxygen atoms in total. The quantitative estimate of drug-likeness (QED) is 0.890. The van der Waals surface area contributed by atoms with Crippen LogP contribution in [0.3, 0.4) is 0 Å². The van der Waals surface area contributed by atoms with Crippen molar-refractivity contribution >= 4 is 33.0 Å². The smallest absolute Gasteiger partial charge is 0.266 e. The Morgan fingerprint density at radius 1 is 1.40 bits per heavy atom. The molecule has 0 aliphatic carbocycles. The summed E-state index contributed by atoms with van der Waals surface area (Å²) >= 11 is 1.43. The number of aliphatic hydroxyl groups is 1. The molecule has 108 valence electrons. The minimum Gasteiger partial charge on any atom is -0.397 e. The first-order valence-corrected chi connectivity index (χ1v) is 7.58. The second kappa shape index (κ2) is 6.24. The van der Waals surface area contributed by atoms with E-state index in [1.807, 2.05) is 32.0 Å². The third-order valence-electron chi connectivity index (χ3n) is 3.23. The molecule has 2 rings (SSSR count). The summed E-state index contributed by atoms with van der Waals surface area (Å²) in [6, 6.07) is 6.00. The van der Waals surface area contributed by atoms with Crippen molar-refractivity contribution < 1.29 is 9.90 Å². The highest BCUT2D eigenvalue weighted by molar-refractivity contribution is 7.21. The second-order valence-electron chi connectivity index (χ2n) is 4.86. The average Bonchev–Trinajstić information content (AvgIpc) is 2.74. The number of thiophene rings is 1. The molecule has 0 saturated heterocycles. The average molecular weight is 292 g/mol. The predicted octanol–water partition coefficient (Wildman–Crippen LogP) is 2.64. The van der Waals surface area contributed by atoms with Gasteiger partial charge in [0, 0.05) is 23.2 Å². The number of carbonyl (C=O) groups is 1. The van der Waals surface area contributed by atoms with E-state index in [4.69, 9.17) is 10.8 Å². The fourth-order valence-corrected chi connectivity index (χ4v) is 3.42. The molecule has 0 radical (unpaired) electrons. The summed E-state index contributed by atoms with van der Waals surface area (Å²) < 4.78 is 1.03. The van der Waals surface area contributed by atoms with E-state index in [0.29, 0.717) is 23.7 Å². The Bertz CT molecular complexity index is 616. The van der Waals surface area contributed by atoms with E-state index in [-0.39, 0.29) is 12.5 Å². The number of anilines is 1. The van der Waals surface area contributed by atoms with Crippen LogP contribution >= 0.6 is 11.3 Å². The number of aliphatic hydroxyl groups excluding tert-OH is 1. The number of carbonyl (C=O) groups excluding carboxylic acids is 1. The van der Waals surface area contributed by atoms with E-state index >= 15 is 0 Å². The van der Waals surface area contributed by atoms with Crippen LogP contribution in [0.15, 0.2) is 18.2 Å². The molecule has 0 spiro atoms. The Morgan fingerprint density at radius 3 is 2.80 bits per heavy atom. The largest absolute Gasteiger partial charge is 0.397 e. The van der Waals surface area contributed by atoms with E-state index in [9.17, 15) is 4.79 Å². The molecule has 20 heavy (non-hydrogen) atoms. The van der Waals surface area contributed by atoms with Gasteiger partial charge in [0.2, 0.25) is 0 Å². The number of amides is 1. The fraction of sp³-hybridized carbons (Fsp3) is 0.400. The van der Waals surface area contributed by atoms with Crippen molar-refractivity contribution in [1.29, 1.82) is 0 Å². The van der Waals surface area contributed by atoms with Gasteiger partial charge in [-0.3, -0.25) is 4.79 Å². The Labute approximate surface area is 122 Å². The van der Waals surface area contributed by atoms with Crippen molar-refractivity contribution in [1.82, 2.24) is 4.90 Å². The van der Waals surface area contributed by atoms with Crippen molar-refractivity contribution in [2.24, 2.45) is 0 Å². The minimum absolute atomic E-state index is 0.0321. The summed E-state index contributed by atoms with van der Waals surface area (Å²) in [7, 11) is 0. The van der Waals surface area contributed by atoms with E-state index in [0.717, 1.165) is 22.1 Å². The standard InChI is InChI=1S/C15H20N2O2S/c1-3-6-17(7-8-18)15(19)14-13(16)11-5-4-10(2)9-12(11)20-14/h4-5,9,18H,3,6-8,16H2,1-2H3. The first-order valence-electron chi connectivity index (χ1n) is 6.77. The maximum Gasteiger partial charge on any atom is 0.266 e. The highest BCUT2D eigenvalue weighted by atomic mass is 32.1. The number of fused-ring (bicyclic) bond motifs is 1. The van der Waals surface area contributed by atoms with Crippen LogP contribution < -0.4 is 5.73 Å². The summed E-state index contributed by atoms with van der Waals surface area (Å²) in [5.41, 5.74) is 7.82. The van der Waals surface area contributed by atoms with Crippen molar-refractivity contribution in [3.8, 4) is 0 Å². The number of nitrogens with zero attached hydrogens (tertiary/aromatic N) is 1. The van der Waals surface area contributed by atoms with Gasteiger partial charge in [0.15, 0.2) is 0 Å². The number of rotatable bonds is 5. The number of nitrogens with two attached hydrogens (primary N) is 1. The van der Waals surface area contributed by atoms with Gasteiger partial charge >= 0.3 is 0 Å². The molecule has 0 bridgehead atoms. The zero-order chi connectivity index (χ0) is 14.7. The second-order valence-corrected chi connectivity index (χ2v) is 5.91. The molecule has 0 fully saturated rings. The van der Waals surface area contributed by atoms with E-state index in [1.165, 1.54) is 11.3 Å². The minimum atomic E-state index is -0.0859. The zero-order valence-electron chi connectivity index (χ0n) is 11.8. The van der Waals surface area contributed by atoms with Crippen LogP contribution in [0, 0.1) is 6.92 Å². The molecule has 1 aromatic heterocycles. The topological polar surface area (TPSA) is 66.6 Å². The summed E-state index contributed by atoms with van der Waals surface area (Å²) in [6.45, 7) is 4.97. The predicted molar refractivity (Wildman–Crippen MR) is 84.3 cm³/mol. The van der Waals surface area contributed by atoms with Gasteiger partial charge in [0.05, 0.1) is 12.3 Å². The highest BCUT2D eigenvalue weighted by Crippen LogP contribution is 2.34. The maximum absolute atomic E-state index is 12.5. The van der Waals surface area contributed by atoms with Crippen LogP contribution in [-0.4, -0.2) is 35.6 Å². The molecule has 1 amide bonds. The van der Waals surface area contributed by atoms with Crippen LogP contribution in [0.1, 0.15) is 28.6 Å². The van der Waals surface area contributed by atoms with E-state index in [1.54, 1.807) is 4.90 Å². The maximum atomic E-state index is 12.5. The van der Waals surface area contributed by atoms with Gasteiger partial charge in [-0.05, 0) is 25.0 Å². The number of hydrogen-bond acceptors (Lipinski definition) is 4. The first kappa shape index (κ1) is 14.8. The number of hydrogen-bond donors (Lipinski definition) is 2. The van der Waals surface area contributed by atoms with Gasteiger partial charge in [-0.15, -0.1) is 11.3 Å². The van der Waals surface area contributed by atoms with Gasteiger partial charge < -0.3 is 15.7 Å². The Kier molecular flexibility index (Phi) is 4.62. The van der Waals surface area contributed by atoms with Crippen molar-refractivity contribution in [3.05, 3.63) is 28.6 Å². The molecule has 0 aliphatic rings. The van der Waals surface area contributed by atoms with Crippen molar-refractivity contribution in [2.45, 2.75) is 20.3 Å². The third-order valence-corrected chi connectivity index (χ3v) is 4.39. The van der Waals surface area contributed by atoms with Gasteiger partial charge in [-0.2, -0.15) is 0 Å². The van der Waals surface area contributed by atoms with Gasteiger partial charge in [0.25, 0.3) is 5.91 Å². The lowest BCUT2D eigenvalue weighted by atomic mass is 10.1. The van der Waals surface area contributed by atoms with Crippen LogP contribution in [0.4, 0.5) is 5.69 Å². The van der Waals surface area contributed by atoms with Gasteiger partial charge in [-0.1, -0.05) is 19.1 Å². The Hall–Kier alpha value is -1.59. The summed E-state index contributed by atoms with van der Waals surface area (Å²) in [5.74, 6) is -0.0859. The van der Waals surface area contributed by atoms with Gasteiger partial charge in [0.1, 0.15) is 4.88 Å². The summed E-state index contributed by atoms with van der Waals surface area (Å²) in [4.78, 5) is 14.8. The summed E-state index contributed by atoms with van der Waals surface area (Å²) in [5, 5.41) is 10.0. The lowest BCUT2D eigenvalue weighted by Gasteiger charge is -2.20. The number of benzene rings is 1. The van der Waals surface area contributed by atoms with Crippen LogP contribution in [-0.2, 0) is 0 Å². The molecule has 0 atom stereocenters. The van der Waals surface area contributed by atoms with Crippen LogP contribution in [0.2, 0.25) is 0 Å². The molecular formula is C15H20N2O2S. The SMILES string of the molecule is CCCN(CCO)C(=O)c1sc2cc(C)ccc2c1N. The van der Waals surface area contributed by atoms with Crippen LogP contribution in [0.25, 0.3) is 10.1 Å². The molecule has 0 aliphatic heterocycles. The normalized spacial score (nSPS) is 10.9. The number of nitrogen functional groups attached to an aromatic ring is 1. The molecule has 5 heteroatoms. The molecule has 2 aromatic rings. The third kappa shape index (κ3) is 2.78. The lowest BCUT2D eigenvalue weighted by molar-refractivity contribution is 0.0728. The van der Waals surface area contributed by atoms with E-state index in [2.05, 4.69) is 0 Å².